The van der Waals surface area contributed by atoms with E-state index in [4.69, 9.17) is 18.9 Å². The summed E-state index contributed by atoms with van der Waals surface area (Å²) in [5.74, 6) is 0.416. The van der Waals surface area contributed by atoms with Gasteiger partial charge in [0.05, 0.1) is 13.2 Å². The highest BCUT2D eigenvalue weighted by Gasteiger charge is 2.24. The molecule has 43 heavy (non-hydrogen) atoms. The first kappa shape index (κ1) is 30.3. The molecule has 4 aromatic rings. The molecule has 5 nitrogen and oxygen atoms in total. The Morgan fingerprint density at radius 1 is 0.721 bits per heavy atom. The molecule has 0 amide bonds. The van der Waals surface area contributed by atoms with Crippen LogP contribution in [0.1, 0.15) is 60.3 Å². The second-order valence-electron chi connectivity index (χ2n) is 10.5. The summed E-state index contributed by atoms with van der Waals surface area (Å²) in [6, 6.07) is 31.5. The highest BCUT2D eigenvalue weighted by molar-refractivity contribution is 5.79. The van der Waals surface area contributed by atoms with Gasteiger partial charge in [0.1, 0.15) is 18.5 Å². The molecule has 1 aliphatic rings. The van der Waals surface area contributed by atoms with Crippen molar-refractivity contribution >= 4 is 18.1 Å². The van der Waals surface area contributed by atoms with Crippen LogP contribution in [0.15, 0.2) is 91.0 Å². The van der Waals surface area contributed by atoms with Crippen LogP contribution in [-0.2, 0) is 31.8 Å². The lowest BCUT2D eigenvalue weighted by atomic mass is 9.92. The van der Waals surface area contributed by atoms with Crippen molar-refractivity contribution < 1.29 is 23.7 Å². The van der Waals surface area contributed by atoms with E-state index in [0.717, 1.165) is 34.4 Å². The van der Waals surface area contributed by atoms with Gasteiger partial charge in [-0.15, -0.1) is 0 Å². The van der Waals surface area contributed by atoms with Gasteiger partial charge in [0.2, 0.25) is 0 Å². The molecule has 4 aromatic carbocycles. The summed E-state index contributed by atoms with van der Waals surface area (Å²) >= 11 is 0. The fraction of sp³-hybridized carbons (Fsp3) is 0.289. The van der Waals surface area contributed by atoms with Crippen LogP contribution in [0.25, 0.3) is 23.3 Å². The Bertz CT molecular complexity index is 1520. The highest BCUT2D eigenvalue weighted by Crippen LogP contribution is 2.38. The number of rotatable bonds is 13. The maximum Gasteiger partial charge on any atom is 0.335 e. The first-order valence-corrected chi connectivity index (χ1v) is 15.2. The second-order valence-corrected chi connectivity index (χ2v) is 10.5. The van der Waals surface area contributed by atoms with E-state index in [9.17, 15) is 4.79 Å². The van der Waals surface area contributed by atoms with Crippen molar-refractivity contribution in [2.75, 3.05) is 26.4 Å². The number of esters is 1. The fourth-order valence-electron chi connectivity index (χ4n) is 5.43. The molecule has 5 heteroatoms. The molecule has 0 aromatic heterocycles. The highest BCUT2D eigenvalue weighted by atomic mass is 16.6. The fourth-order valence-corrected chi connectivity index (χ4v) is 5.43. The van der Waals surface area contributed by atoms with Crippen LogP contribution in [0.2, 0.25) is 0 Å². The van der Waals surface area contributed by atoms with E-state index in [1.165, 1.54) is 22.3 Å². The van der Waals surface area contributed by atoms with Gasteiger partial charge in [-0.2, -0.15) is 0 Å². The number of carbonyl (C=O) groups is 1. The van der Waals surface area contributed by atoms with E-state index in [1.807, 2.05) is 37.3 Å². The molecule has 0 N–H and O–H groups in total. The van der Waals surface area contributed by atoms with Crippen LogP contribution in [-0.4, -0.2) is 38.5 Å². The van der Waals surface area contributed by atoms with E-state index < -0.39 is 6.10 Å². The zero-order valence-corrected chi connectivity index (χ0v) is 25.3. The van der Waals surface area contributed by atoms with Gasteiger partial charge in [0.15, 0.2) is 6.10 Å². The van der Waals surface area contributed by atoms with Crippen molar-refractivity contribution in [3.8, 4) is 16.9 Å². The standard InChI is InChI=1S/C38H40O5/c1-4-27-14-21-34-32(24-27)18-16-30-15-17-31(29-10-8-7-9-11-29)26-35(30)37(34)43-23-22-42-33-19-12-28(13-20-33)25-36(40-5-2)38(39)41-6-3/h7-21,24,26,36-37H,4-6,22-23,25H2,1-3H3. The van der Waals surface area contributed by atoms with Gasteiger partial charge in [-0.3, -0.25) is 0 Å². The Labute approximate surface area is 255 Å². The van der Waals surface area contributed by atoms with Gasteiger partial charge in [0.25, 0.3) is 0 Å². The number of hydrogen-bond acceptors (Lipinski definition) is 5. The second kappa shape index (κ2) is 14.8. The zero-order chi connectivity index (χ0) is 30.0. The van der Waals surface area contributed by atoms with Gasteiger partial charge >= 0.3 is 5.97 Å². The average Bonchev–Trinajstić information content (AvgIpc) is 3.20. The lowest BCUT2D eigenvalue weighted by Crippen LogP contribution is -2.28. The van der Waals surface area contributed by atoms with Crippen LogP contribution in [0.5, 0.6) is 5.75 Å². The topological polar surface area (TPSA) is 54.0 Å². The Hall–Kier alpha value is -4.19. The van der Waals surface area contributed by atoms with Crippen molar-refractivity contribution in [2.24, 2.45) is 0 Å². The van der Waals surface area contributed by atoms with Crippen LogP contribution in [0.4, 0.5) is 0 Å². The molecule has 0 heterocycles. The number of aryl methyl sites for hydroxylation is 1. The Morgan fingerprint density at radius 3 is 2.23 bits per heavy atom. The first-order chi connectivity index (χ1) is 21.1. The molecule has 0 saturated heterocycles. The van der Waals surface area contributed by atoms with Crippen molar-refractivity contribution in [2.45, 2.75) is 45.8 Å². The SMILES string of the molecule is CCOC(=O)C(Cc1ccc(OCCOC2c3ccc(CC)cc3C=Cc3ccc(-c4ccccc4)cc32)cc1)OCC. The van der Waals surface area contributed by atoms with E-state index in [1.54, 1.807) is 6.92 Å². The Kier molecular flexibility index (Phi) is 10.4. The van der Waals surface area contributed by atoms with E-state index >= 15 is 0 Å². The first-order valence-electron chi connectivity index (χ1n) is 15.2. The zero-order valence-electron chi connectivity index (χ0n) is 25.3. The summed E-state index contributed by atoms with van der Waals surface area (Å²) in [5.41, 5.74) is 9.29. The van der Waals surface area contributed by atoms with Crippen LogP contribution >= 0.6 is 0 Å². The van der Waals surface area contributed by atoms with Crippen LogP contribution in [0, 0.1) is 0 Å². The van der Waals surface area contributed by atoms with Crippen molar-refractivity contribution in [1.29, 1.82) is 0 Å². The van der Waals surface area contributed by atoms with Gasteiger partial charge in [-0.1, -0.05) is 91.9 Å². The summed E-state index contributed by atoms with van der Waals surface area (Å²) < 4.78 is 23.4. The molecule has 0 saturated carbocycles. The van der Waals surface area contributed by atoms with E-state index in [-0.39, 0.29) is 12.1 Å². The largest absolute Gasteiger partial charge is 0.491 e. The predicted molar refractivity (Wildman–Crippen MR) is 172 cm³/mol. The van der Waals surface area contributed by atoms with E-state index in [2.05, 4.69) is 79.7 Å². The van der Waals surface area contributed by atoms with Crippen LogP contribution in [0.3, 0.4) is 0 Å². The monoisotopic (exact) mass is 576 g/mol. The molecule has 2 atom stereocenters. The maximum atomic E-state index is 12.2. The van der Waals surface area contributed by atoms with E-state index in [0.29, 0.717) is 32.8 Å². The number of ether oxygens (including phenoxy) is 4. The Morgan fingerprint density at radius 2 is 1.49 bits per heavy atom. The van der Waals surface area contributed by atoms with Gasteiger partial charge in [-0.05, 0) is 83.0 Å². The molecular formula is C38H40O5. The van der Waals surface area contributed by atoms with Gasteiger partial charge in [0, 0.05) is 13.0 Å². The quantitative estimate of drug-likeness (QED) is 0.119. The molecule has 0 spiro atoms. The molecule has 222 valence electrons. The third kappa shape index (κ3) is 7.61. The maximum absolute atomic E-state index is 12.2. The molecule has 1 aliphatic carbocycles. The third-order valence-electron chi connectivity index (χ3n) is 7.66. The average molecular weight is 577 g/mol. The van der Waals surface area contributed by atoms with Crippen molar-refractivity contribution in [3.63, 3.8) is 0 Å². The number of hydrogen-bond donors (Lipinski definition) is 0. The molecule has 0 aliphatic heterocycles. The minimum Gasteiger partial charge on any atom is -0.491 e. The lowest BCUT2D eigenvalue weighted by molar-refractivity contribution is -0.156. The minimum absolute atomic E-state index is 0.223. The summed E-state index contributed by atoms with van der Waals surface area (Å²) in [6.45, 7) is 7.46. The van der Waals surface area contributed by atoms with Gasteiger partial charge in [-0.25, -0.2) is 4.79 Å². The summed E-state index contributed by atoms with van der Waals surface area (Å²) in [4.78, 5) is 12.2. The normalized spacial score (nSPS) is 14.3. The molecule has 5 rings (SSSR count). The summed E-state index contributed by atoms with van der Waals surface area (Å²) in [5, 5.41) is 0. The molecule has 0 radical (unpaired) electrons. The van der Waals surface area contributed by atoms with Gasteiger partial charge < -0.3 is 18.9 Å². The smallest absolute Gasteiger partial charge is 0.335 e. The number of benzene rings is 4. The Balaban J connectivity index is 1.29. The minimum atomic E-state index is -0.610. The summed E-state index contributed by atoms with van der Waals surface area (Å²) in [6.07, 6.45) is 5.01. The third-order valence-corrected chi connectivity index (χ3v) is 7.66. The van der Waals surface area contributed by atoms with Crippen LogP contribution < -0.4 is 4.74 Å². The van der Waals surface area contributed by atoms with Crippen molar-refractivity contribution in [1.82, 2.24) is 0 Å². The number of carbonyl (C=O) groups excluding carboxylic acids is 1. The molecule has 2 unspecified atom stereocenters. The molecule has 0 bridgehead atoms. The predicted octanol–water partition coefficient (Wildman–Crippen LogP) is 8.10. The number of fused-ring (bicyclic) bond motifs is 2. The molecule has 0 fully saturated rings. The lowest BCUT2D eigenvalue weighted by Gasteiger charge is -2.22. The molecular weight excluding hydrogens is 536 g/mol. The van der Waals surface area contributed by atoms with Crippen molar-refractivity contribution in [3.05, 3.63) is 124 Å². The summed E-state index contributed by atoms with van der Waals surface area (Å²) in [7, 11) is 0.